The van der Waals surface area contributed by atoms with Gasteiger partial charge in [0.25, 0.3) is 0 Å². The number of fused-ring (bicyclic) bond motifs is 2. The van der Waals surface area contributed by atoms with Crippen molar-refractivity contribution in [2.75, 3.05) is 0 Å². The SMILES string of the molecule is N#CCCn1cc([C@@H](CC(=O)c2ccc3c(c2)CCCC3)C(=O)O)c2ccccc21. The molecule has 0 bridgehead atoms. The lowest BCUT2D eigenvalue weighted by molar-refractivity contribution is -0.138. The average Bonchev–Trinajstić information content (AvgIpc) is 3.13. The third-order valence-corrected chi connectivity index (χ3v) is 6.02. The lowest BCUT2D eigenvalue weighted by Gasteiger charge is -2.17. The number of hydrogen-bond donors (Lipinski definition) is 1. The molecule has 1 aliphatic carbocycles. The highest BCUT2D eigenvalue weighted by molar-refractivity contribution is 6.00. The summed E-state index contributed by atoms with van der Waals surface area (Å²) in [5.74, 6) is -2.09. The Hall–Kier alpha value is -3.39. The molecule has 1 heterocycles. The fourth-order valence-electron chi connectivity index (χ4n) is 4.45. The number of benzene rings is 2. The number of ketones is 1. The maximum Gasteiger partial charge on any atom is 0.311 e. The number of Topliss-reactive ketones (excluding diaryl/α,β-unsaturated/α-hetero) is 1. The maximum absolute atomic E-state index is 13.0. The van der Waals surface area contributed by atoms with E-state index in [9.17, 15) is 14.7 Å². The zero-order valence-electron chi connectivity index (χ0n) is 16.8. The van der Waals surface area contributed by atoms with E-state index in [0.717, 1.165) is 30.2 Å². The van der Waals surface area contributed by atoms with Gasteiger partial charge in [0.15, 0.2) is 5.78 Å². The summed E-state index contributed by atoms with van der Waals surface area (Å²) in [4.78, 5) is 25.2. The summed E-state index contributed by atoms with van der Waals surface area (Å²) in [6.45, 7) is 0.488. The molecule has 2 aromatic carbocycles. The predicted molar refractivity (Wildman–Crippen MR) is 115 cm³/mol. The second kappa shape index (κ2) is 8.54. The van der Waals surface area contributed by atoms with Gasteiger partial charge in [0.1, 0.15) is 0 Å². The van der Waals surface area contributed by atoms with Gasteiger partial charge in [0.05, 0.1) is 18.4 Å². The highest BCUT2D eigenvalue weighted by atomic mass is 16.4. The summed E-state index contributed by atoms with van der Waals surface area (Å²) < 4.78 is 1.91. The molecule has 1 atom stereocenters. The molecule has 0 spiro atoms. The van der Waals surface area contributed by atoms with Crippen molar-refractivity contribution in [2.45, 2.75) is 51.0 Å². The van der Waals surface area contributed by atoms with Gasteiger partial charge in [0.2, 0.25) is 0 Å². The van der Waals surface area contributed by atoms with Crippen molar-refractivity contribution in [2.24, 2.45) is 0 Å². The molecule has 1 N–H and O–H groups in total. The summed E-state index contributed by atoms with van der Waals surface area (Å²) >= 11 is 0. The first-order valence-electron chi connectivity index (χ1n) is 10.4. The van der Waals surface area contributed by atoms with Crippen molar-refractivity contribution in [1.82, 2.24) is 4.57 Å². The van der Waals surface area contributed by atoms with Crippen LogP contribution in [0.2, 0.25) is 0 Å². The van der Waals surface area contributed by atoms with E-state index in [1.165, 1.54) is 17.5 Å². The molecule has 0 unspecified atom stereocenters. The van der Waals surface area contributed by atoms with Gasteiger partial charge in [-0.15, -0.1) is 0 Å². The zero-order chi connectivity index (χ0) is 21.1. The highest BCUT2D eigenvalue weighted by Gasteiger charge is 2.27. The average molecular weight is 400 g/mol. The monoisotopic (exact) mass is 400 g/mol. The molecule has 5 heteroatoms. The van der Waals surface area contributed by atoms with Crippen LogP contribution in [0.4, 0.5) is 0 Å². The topological polar surface area (TPSA) is 83.1 Å². The number of hydrogen-bond acceptors (Lipinski definition) is 3. The molecule has 3 aromatic rings. The third kappa shape index (κ3) is 3.86. The van der Waals surface area contributed by atoms with Crippen LogP contribution in [0.25, 0.3) is 10.9 Å². The van der Waals surface area contributed by atoms with Gasteiger partial charge in [-0.05, 0) is 54.5 Å². The van der Waals surface area contributed by atoms with Crippen LogP contribution in [0.3, 0.4) is 0 Å². The number of aromatic nitrogens is 1. The minimum Gasteiger partial charge on any atom is -0.481 e. The number of para-hydroxylation sites is 1. The maximum atomic E-state index is 13.0. The Morgan fingerprint density at radius 1 is 1.10 bits per heavy atom. The van der Waals surface area contributed by atoms with E-state index in [1.807, 2.05) is 47.0 Å². The highest BCUT2D eigenvalue weighted by Crippen LogP contribution is 2.32. The molecule has 0 amide bonds. The van der Waals surface area contributed by atoms with Crippen LogP contribution in [-0.4, -0.2) is 21.4 Å². The third-order valence-electron chi connectivity index (χ3n) is 6.02. The Morgan fingerprint density at radius 2 is 1.87 bits per heavy atom. The van der Waals surface area contributed by atoms with Crippen LogP contribution in [0.5, 0.6) is 0 Å². The number of nitrogens with zero attached hydrogens (tertiary/aromatic N) is 2. The molecule has 5 nitrogen and oxygen atoms in total. The van der Waals surface area contributed by atoms with Gasteiger partial charge in [-0.1, -0.05) is 30.3 Å². The van der Waals surface area contributed by atoms with Crippen molar-refractivity contribution in [1.29, 1.82) is 5.26 Å². The summed E-state index contributed by atoms with van der Waals surface area (Å²) in [7, 11) is 0. The fraction of sp³-hybridized carbons (Fsp3) is 0.320. The molecule has 1 aliphatic rings. The van der Waals surface area contributed by atoms with Crippen molar-refractivity contribution in [3.05, 3.63) is 70.9 Å². The number of carbonyl (C=O) groups excluding carboxylic acids is 1. The number of carbonyl (C=O) groups is 2. The predicted octanol–water partition coefficient (Wildman–Crippen LogP) is 4.87. The quantitative estimate of drug-likeness (QED) is 0.573. The molecule has 0 saturated carbocycles. The fourth-order valence-corrected chi connectivity index (χ4v) is 4.45. The van der Waals surface area contributed by atoms with E-state index < -0.39 is 11.9 Å². The van der Waals surface area contributed by atoms with Crippen LogP contribution in [0, 0.1) is 11.3 Å². The first kappa shape index (κ1) is 19.9. The van der Waals surface area contributed by atoms with E-state index in [1.54, 1.807) is 6.20 Å². The molecule has 0 saturated heterocycles. The minimum absolute atomic E-state index is 0.0830. The Labute approximate surface area is 175 Å². The van der Waals surface area contributed by atoms with Gasteiger partial charge in [-0.2, -0.15) is 5.26 Å². The number of aliphatic carboxylic acids is 1. The molecule has 0 aliphatic heterocycles. The van der Waals surface area contributed by atoms with Crippen molar-refractivity contribution < 1.29 is 14.7 Å². The zero-order valence-corrected chi connectivity index (χ0v) is 16.8. The Bertz CT molecular complexity index is 1150. The first-order valence-corrected chi connectivity index (χ1v) is 10.4. The van der Waals surface area contributed by atoms with Gasteiger partial charge < -0.3 is 9.67 Å². The summed E-state index contributed by atoms with van der Waals surface area (Å²) in [6, 6.07) is 15.5. The minimum atomic E-state index is -1.01. The van der Waals surface area contributed by atoms with E-state index in [0.29, 0.717) is 24.1 Å². The van der Waals surface area contributed by atoms with E-state index in [-0.39, 0.29) is 12.2 Å². The number of nitriles is 1. The van der Waals surface area contributed by atoms with Crippen molar-refractivity contribution in [3.63, 3.8) is 0 Å². The second-order valence-corrected chi connectivity index (χ2v) is 7.91. The Morgan fingerprint density at radius 3 is 2.63 bits per heavy atom. The lowest BCUT2D eigenvalue weighted by atomic mass is 9.87. The molecule has 4 rings (SSSR count). The molecule has 0 fully saturated rings. The van der Waals surface area contributed by atoms with Gasteiger partial charge in [-0.25, -0.2) is 0 Å². The lowest BCUT2D eigenvalue weighted by Crippen LogP contribution is -2.17. The molecule has 152 valence electrons. The van der Waals surface area contributed by atoms with Crippen LogP contribution < -0.4 is 0 Å². The van der Waals surface area contributed by atoms with E-state index >= 15 is 0 Å². The van der Waals surface area contributed by atoms with Gasteiger partial charge in [-0.3, -0.25) is 9.59 Å². The number of rotatable bonds is 7. The van der Waals surface area contributed by atoms with Crippen LogP contribution in [0.1, 0.15) is 58.6 Å². The van der Waals surface area contributed by atoms with Crippen molar-refractivity contribution >= 4 is 22.7 Å². The van der Waals surface area contributed by atoms with E-state index in [2.05, 4.69) is 6.07 Å². The summed E-state index contributed by atoms with van der Waals surface area (Å²) in [6.07, 6.45) is 6.38. The molecular formula is C25H24N2O3. The summed E-state index contributed by atoms with van der Waals surface area (Å²) in [5.41, 5.74) is 4.62. The Kier molecular flexibility index (Phi) is 5.67. The number of carboxylic acid groups (broad SMARTS) is 1. The van der Waals surface area contributed by atoms with Gasteiger partial charge in [0, 0.05) is 35.6 Å². The largest absolute Gasteiger partial charge is 0.481 e. The number of aryl methyl sites for hydroxylation is 3. The van der Waals surface area contributed by atoms with Crippen molar-refractivity contribution in [3.8, 4) is 6.07 Å². The normalized spacial score (nSPS) is 14.1. The van der Waals surface area contributed by atoms with Crippen LogP contribution >= 0.6 is 0 Å². The molecule has 1 aromatic heterocycles. The van der Waals surface area contributed by atoms with Crippen LogP contribution in [0.15, 0.2) is 48.7 Å². The van der Waals surface area contributed by atoms with Crippen LogP contribution in [-0.2, 0) is 24.2 Å². The smallest absolute Gasteiger partial charge is 0.311 e. The summed E-state index contributed by atoms with van der Waals surface area (Å²) in [5, 5.41) is 19.7. The Balaban J connectivity index is 1.66. The second-order valence-electron chi connectivity index (χ2n) is 7.91. The van der Waals surface area contributed by atoms with E-state index in [4.69, 9.17) is 5.26 Å². The first-order chi connectivity index (χ1) is 14.6. The molecule has 30 heavy (non-hydrogen) atoms. The molecule has 0 radical (unpaired) electrons. The number of carboxylic acids is 1. The standard InChI is InChI=1S/C25H24N2O3/c26-12-5-13-27-16-22(20-8-3-4-9-23(20)27)21(25(29)30)15-24(28)19-11-10-17-6-1-2-7-18(17)14-19/h3-4,8-11,14,16,21H,1-2,5-7,13,15H2,(H,29,30)/t21-/m1/s1. The molecular weight excluding hydrogens is 376 g/mol. The van der Waals surface area contributed by atoms with Gasteiger partial charge >= 0.3 is 5.97 Å².